The Labute approximate surface area is 86.7 Å². The average Bonchev–Trinajstić information content (AvgIpc) is 2.26. The second kappa shape index (κ2) is 5.09. The van der Waals surface area contributed by atoms with E-state index in [9.17, 15) is 9.59 Å². The van der Waals surface area contributed by atoms with Gasteiger partial charge in [-0.15, -0.1) is 0 Å². The third-order valence-corrected chi connectivity index (χ3v) is 1.66. The number of esters is 1. The molecule has 0 unspecified atom stereocenters. The van der Waals surface area contributed by atoms with Crippen molar-refractivity contribution in [3.8, 4) is 0 Å². The normalized spacial score (nSPS) is 9.67. The average molecular weight is 209 g/mol. The van der Waals surface area contributed by atoms with E-state index >= 15 is 0 Å². The molecular weight excluding hydrogens is 198 g/mol. The Hall–Kier alpha value is -1.91. The van der Waals surface area contributed by atoms with Crippen molar-refractivity contribution in [2.45, 2.75) is 13.3 Å². The molecule has 5 nitrogen and oxygen atoms in total. The van der Waals surface area contributed by atoms with Gasteiger partial charge in [-0.3, -0.25) is 0 Å². The fraction of sp³-hybridized carbons (Fsp3) is 0.300. The number of hydrogen-bond donors (Lipinski definition) is 1. The molecule has 0 saturated heterocycles. The summed E-state index contributed by atoms with van der Waals surface area (Å²) in [6, 6.07) is 2.65. The third kappa shape index (κ3) is 3.05. The number of hydrogen-bond acceptors (Lipinski definition) is 4. The number of carbonyl (C=O) groups is 2. The first-order chi connectivity index (χ1) is 7.15. The number of carbonyl (C=O) groups excluding carboxylic acids is 1. The lowest BCUT2D eigenvalue weighted by Crippen LogP contribution is -2.08. The highest BCUT2D eigenvalue weighted by Crippen LogP contribution is 2.02. The minimum Gasteiger partial charge on any atom is -0.478 e. The van der Waals surface area contributed by atoms with Crippen molar-refractivity contribution in [2.75, 3.05) is 6.61 Å². The van der Waals surface area contributed by atoms with E-state index in [1.165, 1.54) is 12.1 Å². The number of aromatic carboxylic acids is 1. The van der Waals surface area contributed by atoms with E-state index in [0.717, 1.165) is 12.6 Å². The van der Waals surface area contributed by atoms with Crippen LogP contribution in [-0.2, 0) is 4.74 Å². The number of pyridine rings is 1. The largest absolute Gasteiger partial charge is 0.478 e. The smallest absolute Gasteiger partial charge is 0.356 e. The highest BCUT2D eigenvalue weighted by atomic mass is 16.5. The van der Waals surface area contributed by atoms with Crippen molar-refractivity contribution in [3.05, 3.63) is 29.6 Å². The minimum atomic E-state index is -1.07. The molecule has 0 aliphatic heterocycles. The number of carboxylic acid groups (broad SMARTS) is 1. The van der Waals surface area contributed by atoms with E-state index in [4.69, 9.17) is 9.84 Å². The second-order valence-corrected chi connectivity index (χ2v) is 2.87. The molecule has 0 aromatic carbocycles. The van der Waals surface area contributed by atoms with Gasteiger partial charge in [0.2, 0.25) is 0 Å². The lowest BCUT2D eigenvalue weighted by Gasteiger charge is -2.01. The zero-order chi connectivity index (χ0) is 11.3. The molecule has 0 saturated carbocycles. The molecule has 1 aromatic rings. The lowest BCUT2D eigenvalue weighted by atomic mass is 10.2. The van der Waals surface area contributed by atoms with Gasteiger partial charge in [0.25, 0.3) is 0 Å². The van der Waals surface area contributed by atoms with Crippen LogP contribution in [0.25, 0.3) is 0 Å². The van der Waals surface area contributed by atoms with Crippen LogP contribution in [0.15, 0.2) is 18.3 Å². The van der Waals surface area contributed by atoms with E-state index in [-0.39, 0.29) is 11.3 Å². The summed E-state index contributed by atoms with van der Waals surface area (Å²) in [6.07, 6.45) is 1.86. The van der Waals surface area contributed by atoms with Crippen molar-refractivity contribution in [3.63, 3.8) is 0 Å². The quantitative estimate of drug-likeness (QED) is 0.757. The number of nitrogens with zero attached hydrogens (tertiary/aromatic N) is 1. The highest BCUT2D eigenvalue weighted by Gasteiger charge is 2.09. The maximum Gasteiger partial charge on any atom is 0.356 e. The zero-order valence-corrected chi connectivity index (χ0v) is 8.27. The first kappa shape index (κ1) is 11.2. The Morgan fingerprint density at radius 1 is 1.47 bits per heavy atom. The molecule has 0 amide bonds. The van der Waals surface area contributed by atoms with Crippen molar-refractivity contribution in [1.29, 1.82) is 0 Å². The summed E-state index contributed by atoms with van der Waals surface area (Å²) in [5.74, 6) is -1.61. The SMILES string of the molecule is CCCOC(=O)c1ccc(C(=O)O)cn1. The molecule has 15 heavy (non-hydrogen) atoms. The molecule has 80 valence electrons. The number of aromatic nitrogens is 1. The Balaban J connectivity index is 2.71. The Bertz CT molecular complexity index is 358. The second-order valence-electron chi connectivity index (χ2n) is 2.87. The predicted molar refractivity (Wildman–Crippen MR) is 51.8 cm³/mol. The van der Waals surface area contributed by atoms with Gasteiger partial charge in [0.1, 0.15) is 5.69 Å². The van der Waals surface area contributed by atoms with E-state index in [2.05, 4.69) is 4.98 Å². The first-order valence-corrected chi connectivity index (χ1v) is 4.51. The van der Waals surface area contributed by atoms with Crippen LogP contribution in [0, 0.1) is 0 Å². The summed E-state index contributed by atoms with van der Waals surface area (Å²) in [4.78, 5) is 25.4. The van der Waals surface area contributed by atoms with Crippen molar-refractivity contribution >= 4 is 11.9 Å². The van der Waals surface area contributed by atoms with Crippen LogP contribution in [0.2, 0.25) is 0 Å². The van der Waals surface area contributed by atoms with Gasteiger partial charge in [0.05, 0.1) is 12.2 Å². The van der Waals surface area contributed by atoms with Crippen LogP contribution in [0.3, 0.4) is 0 Å². The van der Waals surface area contributed by atoms with Gasteiger partial charge in [0, 0.05) is 6.20 Å². The lowest BCUT2D eigenvalue weighted by molar-refractivity contribution is 0.0497. The van der Waals surface area contributed by atoms with Crippen LogP contribution < -0.4 is 0 Å². The molecule has 0 atom stereocenters. The highest BCUT2D eigenvalue weighted by molar-refractivity contribution is 5.90. The molecule has 1 rings (SSSR count). The summed E-state index contributed by atoms with van der Waals surface area (Å²) < 4.78 is 4.83. The Morgan fingerprint density at radius 2 is 2.20 bits per heavy atom. The number of ether oxygens (including phenoxy) is 1. The van der Waals surface area contributed by atoms with E-state index < -0.39 is 11.9 Å². The summed E-state index contributed by atoms with van der Waals surface area (Å²) in [5.41, 5.74) is 0.162. The Kier molecular flexibility index (Phi) is 3.79. The molecule has 0 aliphatic carbocycles. The number of rotatable bonds is 4. The molecule has 1 heterocycles. The molecule has 1 aromatic heterocycles. The van der Waals surface area contributed by atoms with Crippen LogP contribution in [0.5, 0.6) is 0 Å². The van der Waals surface area contributed by atoms with Crippen LogP contribution in [-0.4, -0.2) is 28.6 Å². The van der Waals surface area contributed by atoms with Gasteiger partial charge in [-0.25, -0.2) is 14.6 Å². The molecule has 0 aliphatic rings. The van der Waals surface area contributed by atoms with Gasteiger partial charge >= 0.3 is 11.9 Å². The first-order valence-electron chi connectivity index (χ1n) is 4.51. The summed E-state index contributed by atoms with van der Waals surface area (Å²) in [5, 5.41) is 8.60. The maximum atomic E-state index is 11.3. The van der Waals surface area contributed by atoms with Crippen molar-refractivity contribution < 1.29 is 19.4 Å². The molecule has 0 spiro atoms. The summed E-state index contributed by atoms with van der Waals surface area (Å²) >= 11 is 0. The van der Waals surface area contributed by atoms with Crippen LogP contribution >= 0.6 is 0 Å². The van der Waals surface area contributed by atoms with Crippen molar-refractivity contribution in [1.82, 2.24) is 4.98 Å². The summed E-state index contributed by atoms with van der Waals surface area (Å²) in [6.45, 7) is 2.22. The van der Waals surface area contributed by atoms with Crippen LogP contribution in [0.1, 0.15) is 34.2 Å². The predicted octanol–water partition coefficient (Wildman–Crippen LogP) is 1.35. The van der Waals surface area contributed by atoms with Crippen molar-refractivity contribution in [2.24, 2.45) is 0 Å². The Morgan fingerprint density at radius 3 is 2.67 bits per heavy atom. The van der Waals surface area contributed by atoms with Gasteiger partial charge in [-0.1, -0.05) is 6.92 Å². The van der Waals surface area contributed by atoms with Gasteiger partial charge < -0.3 is 9.84 Å². The van der Waals surface area contributed by atoms with Crippen LogP contribution in [0.4, 0.5) is 0 Å². The van der Waals surface area contributed by atoms with E-state index in [1.807, 2.05) is 6.92 Å². The summed E-state index contributed by atoms with van der Waals surface area (Å²) in [7, 11) is 0. The van der Waals surface area contributed by atoms with E-state index in [0.29, 0.717) is 6.61 Å². The van der Waals surface area contributed by atoms with Gasteiger partial charge in [0.15, 0.2) is 0 Å². The molecular formula is C10H11NO4. The fourth-order valence-electron chi connectivity index (χ4n) is 0.910. The molecule has 1 N–H and O–H groups in total. The maximum absolute atomic E-state index is 11.3. The molecule has 0 fully saturated rings. The van der Waals surface area contributed by atoms with Gasteiger partial charge in [-0.2, -0.15) is 0 Å². The third-order valence-electron chi connectivity index (χ3n) is 1.66. The molecule has 0 bridgehead atoms. The fourth-order valence-corrected chi connectivity index (χ4v) is 0.910. The number of carboxylic acids is 1. The molecule has 0 radical (unpaired) electrons. The zero-order valence-electron chi connectivity index (χ0n) is 8.27. The minimum absolute atomic E-state index is 0.0436. The standard InChI is InChI=1S/C10H11NO4/c1-2-5-15-10(14)8-4-3-7(6-11-8)9(12)13/h3-4,6H,2,5H2,1H3,(H,12,13). The molecule has 5 heteroatoms. The monoisotopic (exact) mass is 209 g/mol. The topological polar surface area (TPSA) is 76.5 Å². The van der Waals surface area contributed by atoms with Gasteiger partial charge in [-0.05, 0) is 18.6 Å². The van der Waals surface area contributed by atoms with E-state index in [1.54, 1.807) is 0 Å².